The highest BCUT2D eigenvalue weighted by Gasteiger charge is 2.20. The number of hydrogen-bond acceptors (Lipinski definition) is 7. The van der Waals surface area contributed by atoms with Gasteiger partial charge in [0.1, 0.15) is 0 Å². The zero-order valence-electron chi connectivity index (χ0n) is 19.7. The molecule has 9 nitrogen and oxygen atoms in total. The number of carboxylic acids is 2. The molecular weight excluding hydrogens is 436 g/mol. The Hall–Kier alpha value is -3.46. The van der Waals surface area contributed by atoms with Crippen molar-refractivity contribution in [3.63, 3.8) is 0 Å². The number of anilines is 1. The highest BCUT2D eigenvalue weighted by molar-refractivity contribution is 5.89. The minimum absolute atomic E-state index is 0.558. The molecule has 0 bridgehead atoms. The molecule has 0 radical (unpaired) electrons. The smallest absolute Gasteiger partial charge is 0.328 e. The highest BCUT2D eigenvalue weighted by Crippen LogP contribution is 2.26. The molecule has 0 unspecified atom stereocenters. The van der Waals surface area contributed by atoms with Crippen molar-refractivity contribution in [1.29, 1.82) is 0 Å². The van der Waals surface area contributed by atoms with Crippen LogP contribution in [-0.2, 0) is 9.59 Å². The average molecular weight is 471 g/mol. The molecule has 0 saturated carbocycles. The number of aliphatic carboxylic acids is 2. The average Bonchev–Trinajstić information content (AvgIpc) is 2.83. The summed E-state index contributed by atoms with van der Waals surface area (Å²) < 4.78 is 6.06. The number of fused-ring (bicyclic) bond motifs is 1. The van der Waals surface area contributed by atoms with Gasteiger partial charge in [0.25, 0.3) is 0 Å². The molecule has 184 valence electrons. The van der Waals surface area contributed by atoms with E-state index in [0.717, 1.165) is 61.9 Å². The number of unbranched alkanes of at least 4 members (excludes halogenated alkanes) is 3. The van der Waals surface area contributed by atoms with Gasteiger partial charge < -0.3 is 19.8 Å². The van der Waals surface area contributed by atoms with Crippen LogP contribution in [0.1, 0.15) is 32.6 Å². The normalized spacial score (nSPS) is 14.0. The summed E-state index contributed by atoms with van der Waals surface area (Å²) in [5.41, 5.74) is 0.953. The first-order valence-corrected chi connectivity index (χ1v) is 11.6. The summed E-state index contributed by atoms with van der Waals surface area (Å²) in [6, 6.07) is 8.12. The van der Waals surface area contributed by atoms with Gasteiger partial charge in [-0.2, -0.15) is 4.98 Å². The Morgan fingerprint density at radius 1 is 1.03 bits per heavy atom. The predicted molar refractivity (Wildman–Crippen MR) is 132 cm³/mol. The van der Waals surface area contributed by atoms with E-state index in [9.17, 15) is 9.59 Å². The zero-order chi connectivity index (χ0) is 24.8. The van der Waals surface area contributed by atoms with Crippen LogP contribution in [0.2, 0.25) is 0 Å². The number of carbonyl (C=O) groups is 2. The molecule has 0 aliphatic carbocycles. The van der Waals surface area contributed by atoms with Crippen molar-refractivity contribution in [3.8, 4) is 5.88 Å². The van der Waals surface area contributed by atoms with E-state index < -0.39 is 11.9 Å². The molecule has 3 rings (SSSR count). The van der Waals surface area contributed by atoms with Crippen LogP contribution < -0.4 is 9.64 Å². The summed E-state index contributed by atoms with van der Waals surface area (Å²) >= 11 is 0. The monoisotopic (exact) mass is 470 g/mol. The number of benzene rings is 1. The topological polar surface area (TPSA) is 116 Å². The van der Waals surface area contributed by atoms with E-state index in [1.54, 1.807) is 0 Å². The van der Waals surface area contributed by atoms with E-state index in [4.69, 9.17) is 24.9 Å². The number of piperazine rings is 1. The van der Waals surface area contributed by atoms with Gasteiger partial charge in [0.2, 0.25) is 11.8 Å². The summed E-state index contributed by atoms with van der Waals surface area (Å²) in [5, 5.41) is 16.6. The van der Waals surface area contributed by atoms with E-state index in [1.165, 1.54) is 19.3 Å². The molecule has 1 fully saturated rings. The summed E-state index contributed by atoms with van der Waals surface area (Å²) in [5.74, 6) is -1.01. The molecule has 2 heterocycles. The Balaban J connectivity index is 0.000000440. The van der Waals surface area contributed by atoms with Gasteiger partial charge in [0.15, 0.2) is 0 Å². The quantitative estimate of drug-likeness (QED) is 0.289. The third kappa shape index (κ3) is 9.19. The lowest BCUT2D eigenvalue weighted by molar-refractivity contribution is -0.134. The minimum Gasteiger partial charge on any atom is -0.478 e. The number of ether oxygens (including phenoxy) is 1. The third-order valence-electron chi connectivity index (χ3n) is 5.20. The maximum Gasteiger partial charge on any atom is 0.328 e. The Morgan fingerprint density at radius 3 is 2.32 bits per heavy atom. The molecule has 0 atom stereocenters. The molecule has 1 aromatic heterocycles. The molecule has 1 aliphatic heterocycles. The number of aromatic nitrogens is 2. The lowest BCUT2D eigenvalue weighted by atomic mass is 10.2. The first-order chi connectivity index (χ1) is 16.4. The van der Waals surface area contributed by atoms with Crippen LogP contribution in [0.15, 0.2) is 49.1 Å². The van der Waals surface area contributed by atoms with Crippen LogP contribution in [0.5, 0.6) is 5.88 Å². The van der Waals surface area contributed by atoms with Crippen molar-refractivity contribution in [3.05, 3.63) is 49.1 Å². The van der Waals surface area contributed by atoms with Gasteiger partial charge in [-0.05, 0) is 18.6 Å². The summed E-state index contributed by atoms with van der Waals surface area (Å²) in [4.78, 5) is 33.3. The number of nitrogens with zero attached hydrogens (tertiary/aromatic N) is 4. The third-order valence-corrected chi connectivity index (χ3v) is 5.20. The van der Waals surface area contributed by atoms with Crippen molar-refractivity contribution in [2.45, 2.75) is 32.6 Å². The number of para-hydroxylation sites is 1. The van der Waals surface area contributed by atoms with Gasteiger partial charge >= 0.3 is 11.9 Å². The standard InChI is InChI=1S/C21H30N4O.C4H4O4/c1-3-5-6-9-17-26-20-18-10-7-8-11-19(18)22-21(23-20)25-15-13-24(12-4-2)14-16-25;5-3(6)1-2-4(7)8/h4,7-8,10-11H,2-3,5-6,9,12-17H2,1H3;1-2H,(H,5,6)(H,7,8). The maximum atomic E-state index is 9.55. The maximum absolute atomic E-state index is 9.55. The van der Waals surface area contributed by atoms with Crippen molar-refractivity contribution in [1.82, 2.24) is 14.9 Å². The van der Waals surface area contributed by atoms with Gasteiger partial charge in [-0.1, -0.05) is 44.4 Å². The lowest BCUT2D eigenvalue weighted by Gasteiger charge is -2.34. The van der Waals surface area contributed by atoms with Crippen LogP contribution in [0, 0.1) is 0 Å². The Morgan fingerprint density at radius 2 is 1.71 bits per heavy atom. The van der Waals surface area contributed by atoms with Gasteiger partial charge in [0.05, 0.1) is 17.5 Å². The predicted octanol–water partition coefficient (Wildman–Crippen LogP) is 3.61. The SMILES string of the molecule is C=CCN1CCN(c2nc(OCCCCCC)c3ccccc3n2)CC1.O=C(O)C=CC(=O)O. The molecule has 1 saturated heterocycles. The molecule has 1 aromatic carbocycles. The first kappa shape index (κ1) is 26.8. The van der Waals surface area contributed by atoms with Crippen LogP contribution in [0.4, 0.5) is 5.95 Å². The first-order valence-electron chi connectivity index (χ1n) is 11.6. The van der Waals surface area contributed by atoms with Crippen LogP contribution in [0.3, 0.4) is 0 Å². The highest BCUT2D eigenvalue weighted by atomic mass is 16.5. The van der Waals surface area contributed by atoms with E-state index in [1.807, 2.05) is 30.3 Å². The van der Waals surface area contributed by atoms with Crippen molar-refractivity contribution < 1.29 is 24.5 Å². The van der Waals surface area contributed by atoms with E-state index in [-0.39, 0.29) is 0 Å². The Kier molecular flexibility index (Phi) is 11.5. The molecule has 2 aromatic rings. The van der Waals surface area contributed by atoms with Crippen molar-refractivity contribution >= 4 is 28.8 Å². The molecule has 34 heavy (non-hydrogen) atoms. The minimum atomic E-state index is -1.26. The fraction of sp³-hybridized carbons (Fsp3) is 0.440. The van der Waals surface area contributed by atoms with E-state index >= 15 is 0 Å². The van der Waals surface area contributed by atoms with Gasteiger partial charge in [0, 0.05) is 44.9 Å². The second-order valence-corrected chi connectivity index (χ2v) is 7.84. The van der Waals surface area contributed by atoms with Gasteiger partial charge in [-0.3, -0.25) is 4.90 Å². The van der Waals surface area contributed by atoms with Crippen molar-refractivity contribution in [2.75, 3.05) is 44.2 Å². The Labute approximate surface area is 200 Å². The fourth-order valence-corrected chi connectivity index (χ4v) is 3.44. The molecule has 0 amide bonds. The van der Waals surface area contributed by atoms with Crippen LogP contribution in [-0.4, -0.2) is 76.4 Å². The van der Waals surface area contributed by atoms with E-state index in [0.29, 0.717) is 18.8 Å². The van der Waals surface area contributed by atoms with Crippen molar-refractivity contribution in [2.24, 2.45) is 0 Å². The second kappa shape index (κ2) is 14.6. The van der Waals surface area contributed by atoms with Gasteiger partial charge in [-0.15, -0.1) is 6.58 Å². The number of carboxylic acid groups (broad SMARTS) is 2. The van der Waals surface area contributed by atoms with Gasteiger partial charge in [-0.25, -0.2) is 14.6 Å². The molecule has 0 spiro atoms. The molecule has 9 heteroatoms. The Bertz CT molecular complexity index is 955. The summed E-state index contributed by atoms with van der Waals surface area (Å²) in [7, 11) is 0. The van der Waals surface area contributed by atoms with E-state index in [2.05, 4.69) is 23.3 Å². The number of hydrogen-bond donors (Lipinski definition) is 2. The molecule has 2 N–H and O–H groups in total. The molecular formula is C25H34N4O5. The second-order valence-electron chi connectivity index (χ2n) is 7.84. The lowest BCUT2D eigenvalue weighted by Crippen LogP contribution is -2.46. The summed E-state index contributed by atoms with van der Waals surface area (Å²) in [6.07, 6.45) is 7.85. The largest absolute Gasteiger partial charge is 0.478 e. The zero-order valence-corrected chi connectivity index (χ0v) is 19.7. The van der Waals surface area contributed by atoms with Crippen LogP contribution in [0.25, 0.3) is 10.9 Å². The fourth-order valence-electron chi connectivity index (χ4n) is 3.44. The number of rotatable bonds is 11. The summed E-state index contributed by atoms with van der Waals surface area (Å²) in [6.45, 7) is 11.6. The van der Waals surface area contributed by atoms with Crippen LogP contribution >= 0.6 is 0 Å². The molecule has 1 aliphatic rings.